The minimum atomic E-state index is -3.75. The first-order valence-corrected chi connectivity index (χ1v) is 13.4. The summed E-state index contributed by atoms with van der Waals surface area (Å²) in [6.07, 6.45) is 0. The molecule has 10 nitrogen and oxygen atoms in total. The zero-order valence-corrected chi connectivity index (χ0v) is 21.7. The molecule has 0 bridgehead atoms. The molecule has 1 fully saturated rings. The molecule has 5 rings (SSSR count). The van der Waals surface area contributed by atoms with Crippen LogP contribution in [0.25, 0.3) is 10.9 Å². The number of rotatable bonds is 5. The van der Waals surface area contributed by atoms with Crippen LogP contribution in [0.3, 0.4) is 0 Å². The highest BCUT2D eigenvalue weighted by atomic mass is 32.2. The Morgan fingerprint density at radius 1 is 1.00 bits per heavy atom. The lowest BCUT2D eigenvalue weighted by atomic mass is 10.2. The number of ether oxygens (including phenoxy) is 3. The minimum Gasteiger partial charge on any atom is -0.495 e. The van der Waals surface area contributed by atoms with Crippen molar-refractivity contribution in [1.29, 1.82) is 0 Å². The maximum atomic E-state index is 13.5. The fourth-order valence-corrected chi connectivity index (χ4v) is 6.33. The predicted octanol–water partition coefficient (Wildman–Crippen LogP) is 2.58. The van der Waals surface area contributed by atoms with Crippen molar-refractivity contribution in [3.8, 4) is 17.2 Å². The zero-order valence-electron chi connectivity index (χ0n) is 20.9. The van der Waals surface area contributed by atoms with Gasteiger partial charge in [0.2, 0.25) is 16.0 Å². The molecule has 0 saturated carbocycles. The predicted molar refractivity (Wildman–Crippen MR) is 136 cm³/mol. The molecule has 0 amide bonds. The molecule has 0 aliphatic carbocycles. The Balaban J connectivity index is 1.47. The van der Waals surface area contributed by atoms with Gasteiger partial charge in [0.15, 0.2) is 11.5 Å². The molecular formula is C25H30N4O6S. The number of nitrogens with zero attached hydrogens (tertiary/aromatic N) is 4. The van der Waals surface area contributed by atoms with Gasteiger partial charge in [0.25, 0.3) is 5.56 Å². The molecule has 0 N–H and O–H groups in total. The Bertz CT molecular complexity index is 1480. The van der Waals surface area contributed by atoms with E-state index in [2.05, 4.69) is 0 Å². The van der Waals surface area contributed by atoms with Gasteiger partial charge >= 0.3 is 0 Å². The van der Waals surface area contributed by atoms with Crippen LogP contribution in [0, 0.1) is 6.92 Å². The van der Waals surface area contributed by atoms with E-state index >= 15 is 0 Å². The molecule has 192 valence electrons. The van der Waals surface area contributed by atoms with E-state index in [1.165, 1.54) is 11.4 Å². The van der Waals surface area contributed by atoms with E-state index in [1.807, 2.05) is 31.7 Å². The summed E-state index contributed by atoms with van der Waals surface area (Å²) in [5.74, 6) is 1.95. The van der Waals surface area contributed by atoms with Gasteiger partial charge in [-0.2, -0.15) is 4.31 Å². The van der Waals surface area contributed by atoms with E-state index in [0.717, 1.165) is 5.56 Å². The molecule has 0 atom stereocenters. The molecule has 2 aliphatic rings. The standard InChI is InChI=1S/C25H30N4O6S/c1-16(2)29-24(30)18-14-21-22(35-12-11-34-21)15-19(18)26-25(29)27-7-9-28(10-8-27)36(31,32)23-13-17(3)5-6-20(23)33-4/h5-6,13-16H,7-12H2,1-4H3. The van der Waals surface area contributed by atoms with Crippen molar-refractivity contribution in [2.45, 2.75) is 31.7 Å². The van der Waals surface area contributed by atoms with Gasteiger partial charge in [-0.3, -0.25) is 9.36 Å². The number of sulfonamides is 1. The number of aryl methyl sites for hydroxylation is 1. The zero-order chi connectivity index (χ0) is 25.6. The van der Waals surface area contributed by atoms with E-state index in [1.54, 1.807) is 28.8 Å². The average molecular weight is 515 g/mol. The second-order valence-corrected chi connectivity index (χ2v) is 11.1. The summed E-state index contributed by atoms with van der Waals surface area (Å²) in [6, 6.07) is 8.42. The number of hydrogen-bond donors (Lipinski definition) is 0. The minimum absolute atomic E-state index is 0.143. The summed E-state index contributed by atoms with van der Waals surface area (Å²) >= 11 is 0. The molecule has 3 heterocycles. The van der Waals surface area contributed by atoms with Crippen LogP contribution in [0.15, 0.2) is 40.0 Å². The second kappa shape index (κ2) is 9.29. The van der Waals surface area contributed by atoms with Crippen LogP contribution in [0.4, 0.5) is 5.95 Å². The van der Waals surface area contributed by atoms with E-state index in [-0.39, 0.29) is 29.6 Å². The van der Waals surface area contributed by atoms with Crippen molar-refractivity contribution in [2.75, 3.05) is 51.4 Å². The summed E-state index contributed by atoms with van der Waals surface area (Å²) in [6.45, 7) is 7.88. The van der Waals surface area contributed by atoms with Crippen molar-refractivity contribution >= 4 is 26.9 Å². The monoisotopic (exact) mass is 514 g/mol. The third kappa shape index (κ3) is 4.16. The molecule has 0 unspecified atom stereocenters. The number of methoxy groups -OCH3 is 1. The highest BCUT2D eigenvalue weighted by molar-refractivity contribution is 7.89. The van der Waals surface area contributed by atoms with Crippen molar-refractivity contribution in [2.24, 2.45) is 0 Å². The molecule has 3 aromatic rings. The van der Waals surface area contributed by atoms with E-state index in [0.29, 0.717) is 60.4 Å². The quantitative estimate of drug-likeness (QED) is 0.512. The maximum absolute atomic E-state index is 13.5. The number of fused-ring (bicyclic) bond motifs is 2. The molecule has 0 radical (unpaired) electrons. The van der Waals surface area contributed by atoms with Gasteiger partial charge in [-0.1, -0.05) is 6.07 Å². The Morgan fingerprint density at radius 2 is 1.67 bits per heavy atom. The van der Waals surface area contributed by atoms with Gasteiger partial charge in [0.1, 0.15) is 23.9 Å². The van der Waals surface area contributed by atoms with Crippen molar-refractivity contribution < 1.29 is 22.6 Å². The van der Waals surface area contributed by atoms with Crippen molar-refractivity contribution in [3.05, 3.63) is 46.2 Å². The Hall–Kier alpha value is -3.31. The first-order valence-electron chi connectivity index (χ1n) is 12.0. The third-order valence-electron chi connectivity index (χ3n) is 6.52. The van der Waals surface area contributed by atoms with Gasteiger partial charge in [0, 0.05) is 38.3 Å². The summed E-state index contributed by atoms with van der Waals surface area (Å²) in [5, 5.41) is 0.462. The van der Waals surface area contributed by atoms with E-state index in [9.17, 15) is 13.2 Å². The normalized spacial score (nSPS) is 16.5. The van der Waals surface area contributed by atoms with Crippen LogP contribution in [-0.2, 0) is 10.0 Å². The van der Waals surface area contributed by atoms with E-state index in [4.69, 9.17) is 19.2 Å². The number of piperazine rings is 1. The van der Waals surface area contributed by atoms with Crippen LogP contribution in [0.1, 0.15) is 25.5 Å². The van der Waals surface area contributed by atoms with Crippen LogP contribution in [0.2, 0.25) is 0 Å². The van der Waals surface area contributed by atoms with Gasteiger partial charge in [-0.15, -0.1) is 0 Å². The summed E-state index contributed by atoms with van der Waals surface area (Å²) in [7, 11) is -2.29. The van der Waals surface area contributed by atoms with Gasteiger partial charge in [-0.25, -0.2) is 13.4 Å². The Morgan fingerprint density at radius 3 is 2.31 bits per heavy atom. The number of benzene rings is 2. The van der Waals surface area contributed by atoms with Crippen LogP contribution >= 0.6 is 0 Å². The second-order valence-electron chi connectivity index (χ2n) is 9.24. The number of anilines is 1. The lowest BCUT2D eigenvalue weighted by Crippen LogP contribution is -2.50. The Labute approximate surface area is 210 Å². The molecule has 36 heavy (non-hydrogen) atoms. The first kappa shape index (κ1) is 24.4. The van der Waals surface area contributed by atoms with Gasteiger partial charge in [0.05, 0.1) is 18.0 Å². The van der Waals surface area contributed by atoms with Gasteiger partial charge < -0.3 is 19.1 Å². The highest BCUT2D eigenvalue weighted by Crippen LogP contribution is 2.34. The molecule has 1 aromatic heterocycles. The average Bonchev–Trinajstić information content (AvgIpc) is 2.87. The SMILES string of the molecule is COc1ccc(C)cc1S(=O)(=O)N1CCN(c2nc3cc4c(cc3c(=O)n2C(C)C)OCCO4)CC1. The highest BCUT2D eigenvalue weighted by Gasteiger charge is 2.32. The molecule has 0 spiro atoms. The first-order chi connectivity index (χ1) is 17.2. The van der Waals surface area contributed by atoms with Gasteiger partial charge in [-0.05, 0) is 44.5 Å². The summed E-state index contributed by atoms with van der Waals surface area (Å²) in [5.41, 5.74) is 1.20. The molecule has 2 aromatic carbocycles. The third-order valence-corrected chi connectivity index (χ3v) is 8.44. The fraction of sp³-hybridized carbons (Fsp3) is 0.440. The largest absolute Gasteiger partial charge is 0.495 e. The lowest BCUT2D eigenvalue weighted by Gasteiger charge is -2.36. The fourth-order valence-electron chi connectivity index (χ4n) is 4.67. The van der Waals surface area contributed by atoms with E-state index < -0.39 is 10.0 Å². The topological polar surface area (TPSA) is 103 Å². The Kier molecular flexibility index (Phi) is 6.29. The van der Waals surface area contributed by atoms with Crippen LogP contribution < -0.4 is 24.7 Å². The van der Waals surface area contributed by atoms with Crippen molar-refractivity contribution in [3.63, 3.8) is 0 Å². The lowest BCUT2D eigenvalue weighted by molar-refractivity contribution is 0.172. The van der Waals surface area contributed by atoms with Crippen molar-refractivity contribution in [1.82, 2.24) is 13.9 Å². The maximum Gasteiger partial charge on any atom is 0.263 e. The van der Waals surface area contributed by atoms with Crippen LogP contribution in [-0.4, -0.2) is 68.8 Å². The molecule has 2 aliphatic heterocycles. The summed E-state index contributed by atoms with van der Waals surface area (Å²) in [4.78, 5) is 20.5. The van der Waals surface area contributed by atoms with Crippen LogP contribution in [0.5, 0.6) is 17.2 Å². The number of aromatic nitrogens is 2. The number of hydrogen-bond acceptors (Lipinski definition) is 8. The molecule has 1 saturated heterocycles. The molecular weight excluding hydrogens is 484 g/mol. The molecule has 11 heteroatoms. The smallest absolute Gasteiger partial charge is 0.263 e. The summed E-state index contributed by atoms with van der Waals surface area (Å²) < 4.78 is 46.6.